The number of nitrogens with one attached hydrogen (secondary N) is 1. The predicted octanol–water partition coefficient (Wildman–Crippen LogP) is 4.44. The van der Waals surface area contributed by atoms with Crippen molar-refractivity contribution in [3.63, 3.8) is 0 Å². The first kappa shape index (κ1) is 27.3. The van der Waals surface area contributed by atoms with E-state index >= 15 is 0 Å². The third-order valence-electron chi connectivity index (χ3n) is 7.34. The molecule has 2 N–H and O–H groups in total. The summed E-state index contributed by atoms with van der Waals surface area (Å²) in [5.74, 6) is 0.670. The van der Waals surface area contributed by atoms with Gasteiger partial charge in [0.25, 0.3) is 0 Å². The van der Waals surface area contributed by atoms with Gasteiger partial charge < -0.3 is 24.6 Å². The quantitative estimate of drug-likeness (QED) is 0.248. The molecule has 2 aromatic heterocycles. The molecule has 3 heterocycles. The Hall–Kier alpha value is -1.90. The monoisotopic (exact) mass is 622 g/mol. The van der Waals surface area contributed by atoms with Crippen molar-refractivity contribution < 1.29 is 23.7 Å². The van der Waals surface area contributed by atoms with E-state index in [1.165, 1.54) is 0 Å². The van der Waals surface area contributed by atoms with Gasteiger partial charge in [-0.3, -0.25) is 0 Å². The van der Waals surface area contributed by atoms with Crippen LogP contribution < -0.4 is 5.32 Å². The van der Waals surface area contributed by atoms with Crippen LogP contribution in [0.5, 0.6) is 0 Å². The van der Waals surface area contributed by atoms with Gasteiger partial charge in [-0.2, -0.15) is 0 Å². The first-order valence-corrected chi connectivity index (χ1v) is 15.1. The number of ether oxygens (including phenoxy) is 3. The third kappa shape index (κ3) is 5.41. The zero-order chi connectivity index (χ0) is 27.3. The number of thioether (sulfide) groups is 1. The van der Waals surface area contributed by atoms with Crippen molar-refractivity contribution >= 4 is 44.7 Å². The number of hydrogen-bond donors (Lipinski definition) is 2. The smallest absolute Gasteiger partial charge is 0.191 e. The van der Waals surface area contributed by atoms with Gasteiger partial charge in [0.05, 0.1) is 29.8 Å². The highest BCUT2D eigenvalue weighted by atomic mass is 79.9. The van der Waals surface area contributed by atoms with E-state index in [0.29, 0.717) is 33.0 Å². The minimum atomic E-state index is -0.761. The lowest BCUT2D eigenvalue weighted by Gasteiger charge is -2.23. The molecule has 3 aromatic rings. The highest BCUT2D eigenvalue weighted by molar-refractivity contribution is 9.10. The molecule has 3 aliphatic rings. The van der Waals surface area contributed by atoms with Crippen molar-refractivity contribution in [2.24, 2.45) is 0 Å². The van der Waals surface area contributed by atoms with E-state index in [9.17, 15) is 9.50 Å². The zero-order valence-corrected chi connectivity index (χ0v) is 24.4. The second-order valence-corrected chi connectivity index (χ2v) is 12.6. The largest absolute Gasteiger partial charge is 0.394 e. The summed E-state index contributed by atoms with van der Waals surface area (Å²) in [6.45, 7) is 6.05. The van der Waals surface area contributed by atoms with Gasteiger partial charge in [0.2, 0.25) is 0 Å². The van der Waals surface area contributed by atoms with Crippen LogP contribution in [0.2, 0.25) is 0 Å². The van der Waals surface area contributed by atoms with Gasteiger partial charge in [0.15, 0.2) is 27.9 Å². The van der Waals surface area contributed by atoms with E-state index < -0.39 is 5.79 Å². The fourth-order valence-corrected chi connectivity index (χ4v) is 6.49. The van der Waals surface area contributed by atoms with Crippen molar-refractivity contribution in [3.8, 4) is 0 Å². The molecule has 13 heteroatoms. The van der Waals surface area contributed by atoms with E-state index in [0.717, 1.165) is 24.2 Å². The lowest BCUT2D eigenvalue weighted by Crippen LogP contribution is -2.31. The van der Waals surface area contributed by atoms with Crippen molar-refractivity contribution in [3.05, 3.63) is 34.1 Å². The van der Waals surface area contributed by atoms with Crippen LogP contribution >= 0.6 is 27.7 Å². The lowest BCUT2D eigenvalue weighted by atomic mass is 10.1. The molecule has 39 heavy (non-hydrogen) atoms. The number of anilines is 1. The number of fused-ring (bicyclic) bond motifs is 2. The molecule has 1 aromatic carbocycles. The van der Waals surface area contributed by atoms with Gasteiger partial charge in [-0.1, -0.05) is 30.0 Å². The summed E-state index contributed by atoms with van der Waals surface area (Å²) >= 11 is 4.82. The van der Waals surface area contributed by atoms with Gasteiger partial charge in [-0.05, 0) is 60.3 Å². The summed E-state index contributed by atoms with van der Waals surface area (Å²) < 4.78 is 34.8. The molecule has 210 valence electrons. The molecule has 10 nitrogen and oxygen atoms in total. The Labute approximate surface area is 238 Å². The fraction of sp³-hybridized carbons (Fsp3) is 0.615. The first-order valence-electron chi connectivity index (χ1n) is 13.3. The Morgan fingerprint density at radius 1 is 1.26 bits per heavy atom. The standard InChI is InChI=1S/C26H32BrFN6O4S/c1-4-9-39-25-30-23(29-17-11-14(17)13-5-6-15(27)16(28)10-13)20-24(31-25)34(33-32-20)18-12-19(36-8-7-35)22-21(18)37-26(2,3)38-22/h5-6,10,14,17-19,21-22,35H,4,7-9,11-12H2,1-3H3,(H,29,30,31)/t14?,17?,18-,19+,21+,22-/m1/s1. The second-order valence-electron chi connectivity index (χ2n) is 10.7. The number of halogens is 2. The molecule has 1 saturated heterocycles. The second kappa shape index (κ2) is 10.8. The molecular weight excluding hydrogens is 591 g/mol. The highest BCUT2D eigenvalue weighted by Crippen LogP contribution is 2.47. The topological polar surface area (TPSA) is 116 Å². The van der Waals surface area contributed by atoms with E-state index in [4.69, 9.17) is 24.2 Å². The van der Waals surface area contributed by atoms with Crippen molar-refractivity contribution in [2.45, 2.75) is 87.3 Å². The van der Waals surface area contributed by atoms with Gasteiger partial charge in [-0.15, -0.1) is 5.10 Å². The number of hydrogen-bond acceptors (Lipinski definition) is 10. The van der Waals surface area contributed by atoms with Crippen molar-refractivity contribution in [1.82, 2.24) is 25.0 Å². The summed E-state index contributed by atoms with van der Waals surface area (Å²) in [7, 11) is 0. The molecule has 0 bridgehead atoms. The molecule has 6 rings (SSSR count). The molecule has 2 saturated carbocycles. The van der Waals surface area contributed by atoms with Crippen LogP contribution in [0.4, 0.5) is 10.2 Å². The van der Waals surface area contributed by atoms with E-state index in [2.05, 4.69) is 38.5 Å². The summed E-state index contributed by atoms with van der Waals surface area (Å²) in [4.78, 5) is 9.66. The maximum atomic E-state index is 14.1. The molecule has 2 aliphatic carbocycles. The van der Waals surface area contributed by atoms with Crippen LogP contribution in [0.25, 0.3) is 11.2 Å². The Morgan fingerprint density at radius 2 is 2.08 bits per heavy atom. The molecule has 6 atom stereocenters. The van der Waals surface area contributed by atoms with Crippen molar-refractivity contribution in [1.29, 1.82) is 0 Å². The fourth-order valence-electron chi connectivity index (χ4n) is 5.55. The third-order valence-corrected chi connectivity index (χ3v) is 9.04. The van der Waals surface area contributed by atoms with Crippen LogP contribution in [-0.2, 0) is 14.2 Å². The van der Waals surface area contributed by atoms with Gasteiger partial charge >= 0.3 is 0 Å². The summed E-state index contributed by atoms with van der Waals surface area (Å²) in [5, 5.41) is 22.5. The number of aliphatic hydroxyl groups excluding tert-OH is 1. The summed E-state index contributed by atoms with van der Waals surface area (Å²) in [6, 6.07) is 5.18. The average molecular weight is 624 g/mol. The van der Waals surface area contributed by atoms with Gasteiger partial charge in [0, 0.05) is 24.1 Å². The minimum absolute atomic E-state index is 0.0651. The van der Waals surface area contributed by atoms with E-state index in [1.807, 2.05) is 24.6 Å². The number of benzene rings is 1. The number of aliphatic hydroxyl groups is 1. The SMILES string of the molecule is CCCSc1nc(NC2CC2c2ccc(Br)c(F)c2)c2nnn([C@@H]3C[C@H](OCCO)[C@H]4OC(C)(C)O[C@H]43)c2n1. The Kier molecular flexibility index (Phi) is 7.57. The molecule has 0 amide bonds. The van der Waals surface area contributed by atoms with Crippen LogP contribution in [0.15, 0.2) is 27.8 Å². The Morgan fingerprint density at radius 3 is 2.85 bits per heavy atom. The lowest BCUT2D eigenvalue weighted by molar-refractivity contribution is -0.171. The normalized spacial score (nSPS) is 29.2. The van der Waals surface area contributed by atoms with Crippen LogP contribution in [0.1, 0.15) is 57.6 Å². The van der Waals surface area contributed by atoms with Crippen LogP contribution in [0, 0.1) is 5.82 Å². The molecule has 3 fully saturated rings. The maximum Gasteiger partial charge on any atom is 0.191 e. The summed E-state index contributed by atoms with van der Waals surface area (Å²) in [6.07, 6.45) is 1.61. The minimum Gasteiger partial charge on any atom is -0.394 e. The van der Waals surface area contributed by atoms with E-state index in [1.54, 1.807) is 23.9 Å². The number of nitrogens with zero attached hydrogens (tertiary/aromatic N) is 5. The Bertz CT molecular complexity index is 1360. The van der Waals surface area contributed by atoms with Gasteiger partial charge in [0.1, 0.15) is 18.0 Å². The van der Waals surface area contributed by atoms with E-state index in [-0.39, 0.29) is 55.3 Å². The average Bonchev–Trinajstić information content (AvgIpc) is 3.24. The highest BCUT2D eigenvalue weighted by Gasteiger charge is 2.56. The first-order chi connectivity index (χ1) is 18.8. The predicted molar refractivity (Wildman–Crippen MR) is 147 cm³/mol. The van der Waals surface area contributed by atoms with Gasteiger partial charge in [-0.25, -0.2) is 19.0 Å². The summed E-state index contributed by atoms with van der Waals surface area (Å²) in [5.41, 5.74) is 2.16. The molecule has 2 unspecified atom stereocenters. The van der Waals surface area contributed by atoms with Crippen LogP contribution in [0.3, 0.4) is 0 Å². The number of rotatable bonds is 10. The maximum absolute atomic E-state index is 14.1. The van der Waals surface area contributed by atoms with Crippen LogP contribution in [-0.4, -0.2) is 79.2 Å². The zero-order valence-electron chi connectivity index (χ0n) is 22.0. The molecule has 0 spiro atoms. The molecular formula is C26H32BrFN6O4S. The molecule has 0 radical (unpaired) electrons. The van der Waals surface area contributed by atoms with Crippen molar-refractivity contribution in [2.75, 3.05) is 24.3 Å². The molecule has 1 aliphatic heterocycles. The Balaban J connectivity index is 1.31. The number of aromatic nitrogens is 5.